The van der Waals surface area contributed by atoms with Gasteiger partial charge in [0.15, 0.2) is 5.96 Å². The van der Waals surface area contributed by atoms with E-state index in [1.54, 1.807) is 12.1 Å². The van der Waals surface area contributed by atoms with E-state index < -0.39 is 0 Å². The van der Waals surface area contributed by atoms with Crippen LogP contribution in [0.25, 0.3) is 0 Å². The van der Waals surface area contributed by atoms with Gasteiger partial charge in [0.25, 0.3) is 0 Å². The predicted molar refractivity (Wildman–Crippen MR) is 46.3 cm³/mol. The Hall–Kier alpha value is -1.71. The van der Waals surface area contributed by atoms with Gasteiger partial charge in [0, 0.05) is 0 Å². The lowest BCUT2D eigenvalue weighted by Crippen LogP contribution is -2.22. The molecule has 1 aromatic rings. The summed E-state index contributed by atoms with van der Waals surface area (Å²) in [6.07, 6.45) is 0. The molecule has 0 saturated carbocycles. The van der Waals surface area contributed by atoms with E-state index >= 15 is 0 Å². The van der Waals surface area contributed by atoms with Crippen molar-refractivity contribution in [2.24, 2.45) is 16.5 Å². The molecule has 4 nitrogen and oxygen atoms in total. The first-order valence-electron chi connectivity index (χ1n) is 3.14. The van der Waals surface area contributed by atoms with E-state index in [0.29, 0.717) is 11.4 Å². The predicted octanol–water partition coefficient (Wildman–Crippen LogP) is 0.174. The number of hydrogen-bond acceptors (Lipinski definition) is 2. The maximum Gasteiger partial charge on any atom is 0.191 e. The van der Waals surface area contributed by atoms with Gasteiger partial charge in [0.1, 0.15) is 0 Å². The summed E-state index contributed by atoms with van der Waals surface area (Å²) in [5.74, 6) is 0.0166. The maximum atomic E-state index is 5.55. The van der Waals surface area contributed by atoms with Gasteiger partial charge < -0.3 is 17.2 Å². The number of rotatable bonds is 1. The molecular weight excluding hydrogens is 140 g/mol. The molecule has 58 valence electrons. The van der Waals surface area contributed by atoms with Crippen LogP contribution in [0, 0.1) is 0 Å². The minimum atomic E-state index is 0.0166. The Morgan fingerprint density at radius 1 is 1.18 bits per heavy atom. The summed E-state index contributed by atoms with van der Waals surface area (Å²) in [6, 6.07) is 7.12. The van der Waals surface area contributed by atoms with Crippen molar-refractivity contribution < 1.29 is 0 Å². The fourth-order valence-electron chi connectivity index (χ4n) is 0.728. The summed E-state index contributed by atoms with van der Waals surface area (Å²) >= 11 is 0. The number of anilines is 1. The zero-order valence-corrected chi connectivity index (χ0v) is 5.99. The highest BCUT2D eigenvalue weighted by atomic mass is 15.0. The molecule has 0 fully saturated rings. The van der Waals surface area contributed by atoms with Crippen molar-refractivity contribution in [2.45, 2.75) is 0 Å². The molecule has 1 rings (SSSR count). The largest absolute Gasteiger partial charge is 0.397 e. The molecular formula is C7H10N4. The topological polar surface area (TPSA) is 90.4 Å². The van der Waals surface area contributed by atoms with Gasteiger partial charge in [-0.15, -0.1) is 0 Å². The molecule has 0 aliphatic carbocycles. The van der Waals surface area contributed by atoms with Crippen LogP contribution in [-0.4, -0.2) is 5.96 Å². The van der Waals surface area contributed by atoms with Gasteiger partial charge in [-0.05, 0) is 12.1 Å². The fourth-order valence-corrected chi connectivity index (χ4v) is 0.728. The number of benzene rings is 1. The third kappa shape index (κ3) is 1.86. The van der Waals surface area contributed by atoms with E-state index in [9.17, 15) is 0 Å². The number of hydrogen-bond donors (Lipinski definition) is 3. The second kappa shape index (κ2) is 2.92. The van der Waals surface area contributed by atoms with Crippen LogP contribution in [0.4, 0.5) is 11.4 Å². The number of guanidine groups is 1. The van der Waals surface area contributed by atoms with E-state index in [4.69, 9.17) is 17.2 Å². The summed E-state index contributed by atoms with van der Waals surface area (Å²) in [5, 5.41) is 0. The van der Waals surface area contributed by atoms with Crippen LogP contribution < -0.4 is 17.2 Å². The van der Waals surface area contributed by atoms with Gasteiger partial charge >= 0.3 is 0 Å². The minimum Gasteiger partial charge on any atom is -0.397 e. The lowest BCUT2D eigenvalue weighted by atomic mass is 10.3. The minimum absolute atomic E-state index is 0.0166. The van der Waals surface area contributed by atoms with E-state index in [1.807, 2.05) is 12.1 Å². The number of nitrogens with two attached hydrogens (primary N) is 3. The smallest absolute Gasteiger partial charge is 0.191 e. The molecule has 0 bridgehead atoms. The van der Waals surface area contributed by atoms with Crippen molar-refractivity contribution in [3.8, 4) is 0 Å². The second-order valence-corrected chi connectivity index (χ2v) is 2.10. The van der Waals surface area contributed by atoms with Crippen molar-refractivity contribution >= 4 is 17.3 Å². The fraction of sp³-hybridized carbons (Fsp3) is 0. The number of nitrogen functional groups attached to an aromatic ring is 1. The van der Waals surface area contributed by atoms with Crippen molar-refractivity contribution in [1.29, 1.82) is 0 Å². The van der Waals surface area contributed by atoms with Crippen LogP contribution in [0.5, 0.6) is 0 Å². The highest BCUT2D eigenvalue weighted by Crippen LogP contribution is 2.19. The van der Waals surface area contributed by atoms with Gasteiger partial charge in [0.05, 0.1) is 11.4 Å². The summed E-state index contributed by atoms with van der Waals surface area (Å²) in [6.45, 7) is 0. The lowest BCUT2D eigenvalue weighted by Gasteiger charge is -1.97. The van der Waals surface area contributed by atoms with E-state index in [2.05, 4.69) is 4.99 Å². The summed E-state index contributed by atoms with van der Waals surface area (Å²) in [4.78, 5) is 3.81. The molecule has 0 saturated heterocycles. The monoisotopic (exact) mass is 150 g/mol. The highest BCUT2D eigenvalue weighted by molar-refractivity contribution is 5.81. The molecule has 0 aliphatic rings. The lowest BCUT2D eigenvalue weighted by molar-refractivity contribution is 1.42. The average Bonchev–Trinajstić information content (AvgIpc) is 1.93. The first-order chi connectivity index (χ1) is 5.20. The quantitative estimate of drug-likeness (QED) is 0.303. The van der Waals surface area contributed by atoms with Crippen molar-refractivity contribution in [2.75, 3.05) is 5.73 Å². The van der Waals surface area contributed by atoms with Gasteiger partial charge in [-0.1, -0.05) is 12.1 Å². The third-order valence-electron chi connectivity index (χ3n) is 1.19. The molecule has 11 heavy (non-hydrogen) atoms. The van der Waals surface area contributed by atoms with Gasteiger partial charge in [-0.3, -0.25) is 0 Å². The zero-order valence-electron chi connectivity index (χ0n) is 5.99. The van der Waals surface area contributed by atoms with Gasteiger partial charge in [-0.25, -0.2) is 4.99 Å². The Labute approximate surface area is 64.7 Å². The SMILES string of the molecule is NC(N)=Nc1ccccc1N. The van der Waals surface area contributed by atoms with Crippen LogP contribution in [0.2, 0.25) is 0 Å². The van der Waals surface area contributed by atoms with Crippen LogP contribution in [-0.2, 0) is 0 Å². The molecule has 0 atom stereocenters. The Balaban J connectivity index is 3.04. The Kier molecular flexibility index (Phi) is 1.96. The molecule has 0 aliphatic heterocycles. The first kappa shape index (κ1) is 7.40. The van der Waals surface area contributed by atoms with E-state index in [1.165, 1.54) is 0 Å². The summed E-state index contributed by atoms with van der Waals surface area (Å²) in [5.41, 5.74) is 17.1. The second-order valence-electron chi connectivity index (χ2n) is 2.10. The molecule has 6 N–H and O–H groups in total. The van der Waals surface area contributed by atoms with E-state index in [-0.39, 0.29) is 5.96 Å². The molecule has 0 spiro atoms. The molecule has 0 aromatic heterocycles. The van der Waals surface area contributed by atoms with Crippen molar-refractivity contribution in [3.63, 3.8) is 0 Å². The van der Waals surface area contributed by atoms with Crippen LogP contribution >= 0.6 is 0 Å². The van der Waals surface area contributed by atoms with Crippen LogP contribution in [0.3, 0.4) is 0 Å². The Morgan fingerprint density at radius 3 is 2.36 bits per heavy atom. The normalized spacial score (nSPS) is 9.09. The number of aliphatic imine (C=N–C) groups is 1. The Bertz CT molecular complexity index is 276. The van der Waals surface area contributed by atoms with Crippen molar-refractivity contribution in [1.82, 2.24) is 0 Å². The van der Waals surface area contributed by atoms with Crippen LogP contribution in [0.1, 0.15) is 0 Å². The average molecular weight is 150 g/mol. The van der Waals surface area contributed by atoms with Gasteiger partial charge in [-0.2, -0.15) is 0 Å². The van der Waals surface area contributed by atoms with E-state index in [0.717, 1.165) is 0 Å². The molecule has 0 unspecified atom stereocenters. The maximum absolute atomic E-state index is 5.55. The Morgan fingerprint density at radius 2 is 1.82 bits per heavy atom. The third-order valence-corrected chi connectivity index (χ3v) is 1.19. The highest BCUT2D eigenvalue weighted by Gasteiger charge is 1.93. The van der Waals surface area contributed by atoms with Crippen molar-refractivity contribution in [3.05, 3.63) is 24.3 Å². The molecule has 4 heteroatoms. The summed E-state index contributed by atoms with van der Waals surface area (Å²) < 4.78 is 0. The number of nitrogens with zero attached hydrogens (tertiary/aromatic N) is 1. The molecule has 0 amide bonds. The molecule has 0 heterocycles. The van der Waals surface area contributed by atoms with Gasteiger partial charge in [0.2, 0.25) is 0 Å². The number of para-hydroxylation sites is 2. The summed E-state index contributed by atoms with van der Waals surface area (Å²) in [7, 11) is 0. The first-order valence-corrected chi connectivity index (χ1v) is 3.14. The van der Waals surface area contributed by atoms with Crippen LogP contribution in [0.15, 0.2) is 29.3 Å². The zero-order chi connectivity index (χ0) is 8.27. The standard InChI is InChI=1S/C7H10N4/c8-5-3-1-2-4-6(5)11-7(9)10/h1-4H,8H2,(H4,9,10,11). The molecule has 1 aromatic carbocycles. The molecule has 0 radical (unpaired) electrons.